The summed E-state index contributed by atoms with van der Waals surface area (Å²) in [5.74, 6) is -0.135. The summed E-state index contributed by atoms with van der Waals surface area (Å²) >= 11 is 6.06. The van der Waals surface area contributed by atoms with Gasteiger partial charge in [-0.15, -0.1) is 0 Å². The fourth-order valence-electron chi connectivity index (χ4n) is 2.29. The number of alkyl halides is 2. The van der Waals surface area contributed by atoms with Gasteiger partial charge in [0.2, 0.25) is 5.91 Å². The molecule has 1 heterocycles. The van der Waals surface area contributed by atoms with Gasteiger partial charge in [0.05, 0.1) is 11.1 Å². The first kappa shape index (κ1) is 21.6. The molecule has 1 atom stereocenters. The molecule has 2 aromatic rings. The van der Waals surface area contributed by atoms with Gasteiger partial charge in [0, 0.05) is 18.2 Å². The van der Waals surface area contributed by atoms with E-state index in [0.717, 1.165) is 0 Å². The van der Waals surface area contributed by atoms with Crippen LogP contribution in [0.2, 0.25) is 5.02 Å². The Labute approximate surface area is 166 Å². The van der Waals surface area contributed by atoms with Crippen molar-refractivity contribution in [3.05, 3.63) is 52.7 Å². The summed E-state index contributed by atoms with van der Waals surface area (Å²) in [6.07, 6.45) is -0.870. The number of nitrogens with zero attached hydrogens (tertiary/aromatic N) is 1. The summed E-state index contributed by atoms with van der Waals surface area (Å²) in [4.78, 5) is 27.9. The molecule has 0 radical (unpaired) electrons. The number of anilines is 1. The number of aromatic nitrogens is 1. The number of amides is 2. The average molecular weight is 412 g/mol. The Bertz CT molecular complexity index is 849. The molecule has 1 aromatic carbocycles. The first-order valence-corrected chi connectivity index (χ1v) is 8.95. The third kappa shape index (κ3) is 6.16. The summed E-state index contributed by atoms with van der Waals surface area (Å²) in [5, 5.41) is 5.57. The van der Waals surface area contributed by atoms with E-state index in [2.05, 4.69) is 15.6 Å². The van der Waals surface area contributed by atoms with Gasteiger partial charge in [0.15, 0.2) is 0 Å². The summed E-state index contributed by atoms with van der Waals surface area (Å²) in [6.45, 7) is 2.72. The van der Waals surface area contributed by atoms with Gasteiger partial charge in [0.1, 0.15) is 18.2 Å². The first-order valence-electron chi connectivity index (χ1n) is 8.57. The molecule has 0 aliphatic rings. The maximum absolute atomic E-state index is 12.5. The van der Waals surface area contributed by atoms with E-state index in [1.807, 2.05) is 0 Å². The molecule has 9 heteroatoms. The second kappa shape index (κ2) is 9.98. The normalized spacial score (nSPS) is 11.8. The number of rotatable bonds is 8. The highest BCUT2D eigenvalue weighted by atomic mass is 35.5. The summed E-state index contributed by atoms with van der Waals surface area (Å²) in [7, 11) is 0. The number of ether oxygens (including phenoxy) is 1. The Balaban J connectivity index is 2.05. The van der Waals surface area contributed by atoms with Gasteiger partial charge < -0.3 is 15.4 Å². The highest BCUT2D eigenvalue weighted by Gasteiger charge is 2.15. The van der Waals surface area contributed by atoms with Crippen molar-refractivity contribution >= 4 is 29.2 Å². The quantitative estimate of drug-likeness (QED) is 0.681. The summed E-state index contributed by atoms with van der Waals surface area (Å²) < 4.78 is 29.4. The van der Waals surface area contributed by atoms with Crippen molar-refractivity contribution in [1.82, 2.24) is 10.3 Å². The molecule has 2 amide bonds. The first-order chi connectivity index (χ1) is 13.3. The SMILES string of the molecule is CCC(=O)Nc1cc(C(=O)NC(C)c2ccc(OCC(F)F)c(Cl)c2)ccn1. The molecule has 0 fully saturated rings. The van der Waals surface area contributed by atoms with Crippen LogP contribution in [-0.2, 0) is 4.79 Å². The fraction of sp³-hybridized carbons (Fsp3) is 0.316. The number of hydrogen-bond donors (Lipinski definition) is 2. The van der Waals surface area contributed by atoms with Crippen molar-refractivity contribution in [2.45, 2.75) is 32.7 Å². The van der Waals surface area contributed by atoms with E-state index in [0.29, 0.717) is 17.5 Å². The second-order valence-corrected chi connectivity index (χ2v) is 6.33. The van der Waals surface area contributed by atoms with Crippen molar-refractivity contribution in [2.24, 2.45) is 0 Å². The maximum Gasteiger partial charge on any atom is 0.272 e. The van der Waals surface area contributed by atoms with E-state index in [1.54, 1.807) is 26.0 Å². The van der Waals surface area contributed by atoms with E-state index in [4.69, 9.17) is 16.3 Å². The van der Waals surface area contributed by atoms with Crippen molar-refractivity contribution in [3.63, 3.8) is 0 Å². The molecule has 2 rings (SSSR count). The Hall–Kier alpha value is -2.74. The Morgan fingerprint density at radius 2 is 2.00 bits per heavy atom. The van der Waals surface area contributed by atoms with E-state index in [-0.39, 0.29) is 28.4 Å². The standard InChI is InChI=1S/C19H20ClF2N3O3/c1-3-18(26)25-17-9-13(6-7-23-17)19(27)24-11(2)12-4-5-15(14(20)8-12)28-10-16(21)22/h4-9,11,16H,3,10H2,1-2H3,(H,24,27)(H,23,25,26). The number of halogens is 3. The lowest BCUT2D eigenvalue weighted by molar-refractivity contribution is -0.115. The van der Waals surface area contributed by atoms with Crippen LogP contribution in [-0.4, -0.2) is 29.8 Å². The summed E-state index contributed by atoms with van der Waals surface area (Å²) in [6, 6.07) is 7.26. The molecular formula is C19H20ClF2N3O3. The van der Waals surface area contributed by atoms with Crippen molar-refractivity contribution < 1.29 is 23.1 Å². The average Bonchev–Trinajstić information content (AvgIpc) is 2.66. The topological polar surface area (TPSA) is 80.3 Å². The zero-order valence-corrected chi connectivity index (χ0v) is 16.1. The van der Waals surface area contributed by atoms with Gasteiger partial charge >= 0.3 is 0 Å². The van der Waals surface area contributed by atoms with Crippen LogP contribution in [0.5, 0.6) is 5.75 Å². The lowest BCUT2D eigenvalue weighted by Gasteiger charge is -2.16. The molecule has 0 spiro atoms. The smallest absolute Gasteiger partial charge is 0.272 e. The Morgan fingerprint density at radius 1 is 1.25 bits per heavy atom. The van der Waals surface area contributed by atoms with Crippen molar-refractivity contribution in [3.8, 4) is 5.75 Å². The third-order valence-corrected chi connectivity index (χ3v) is 4.07. The number of hydrogen-bond acceptors (Lipinski definition) is 4. The van der Waals surface area contributed by atoms with Gasteiger partial charge in [-0.1, -0.05) is 24.6 Å². The van der Waals surface area contributed by atoms with Gasteiger partial charge in [-0.05, 0) is 36.8 Å². The minimum atomic E-state index is -2.60. The van der Waals surface area contributed by atoms with E-state index < -0.39 is 19.1 Å². The van der Waals surface area contributed by atoms with E-state index in [1.165, 1.54) is 24.4 Å². The summed E-state index contributed by atoms with van der Waals surface area (Å²) in [5.41, 5.74) is 1.01. The molecule has 2 N–H and O–H groups in total. The molecule has 0 saturated carbocycles. The minimum Gasteiger partial charge on any atom is -0.486 e. The van der Waals surface area contributed by atoms with Gasteiger partial charge in [0.25, 0.3) is 12.3 Å². The number of carbonyl (C=O) groups excluding carboxylic acids is 2. The number of carbonyl (C=O) groups is 2. The number of nitrogens with one attached hydrogen (secondary N) is 2. The van der Waals surface area contributed by atoms with Crippen LogP contribution in [0.4, 0.5) is 14.6 Å². The van der Waals surface area contributed by atoms with E-state index in [9.17, 15) is 18.4 Å². The van der Waals surface area contributed by atoms with Crippen molar-refractivity contribution in [1.29, 1.82) is 0 Å². The predicted molar refractivity (Wildman–Crippen MR) is 102 cm³/mol. The van der Waals surface area contributed by atoms with Gasteiger partial charge in [-0.3, -0.25) is 9.59 Å². The molecule has 6 nitrogen and oxygen atoms in total. The van der Waals surface area contributed by atoms with Crippen LogP contribution in [0.25, 0.3) is 0 Å². The lowest BCUT2D eigenvalue weighted by Crippen LogP contribution is -2.27. The predicted octanol–water partition coefficient (Wildman–Crippen LogP) is 4.22. The largest absolute Gasteiger partial charge is 0.486 e. The zero-order valence-electron chi connectivity index (χ0n) is 15.3. The van der Waals surface area contributed by atoms with Gasteiger partial charge in [-0.25, -0.2) is 13.8 Å². The van der Waals surface area contributed by atoms with Crippen LogP contribution in [0.1, 0.15) is 42.2 Å². The monoisotopic (exact) mass is 411 g/mol. The van der Waals surface area contributed by atoms with Crippen LogP contribution in [0, 0.1) is 0 Å². The number of benzene rings is 1. The number of pyridine rings is 1. The minimum absolute atomic E-state index is 0.148. The third-order valence-electron chi connectivity index (χ3n) is 3.78. The zero-order chi connectivity index (χ0) is 20.7. The van der Waals surface area contributed by atoms with Crippen LogP contribution < -0.4 is 15.4 Å². The molecular weight excluding hydrogens is 392 g/mol. The van der Waals surface area contributed by atoms with E-state index >= 15 is 0 Å². The van der Waals surface area contributed by atoms with Crippen molar-refractivity contribution in [2.75, 3.05) is 11.9 Å². The van der Waals surface area contributed by atoms with Crippen LogP contribution in [0.15, 0.2) is 36.5 Å². The Kier molecular flexibility index (Phi) is 7.69. The molecule has 28 heavy (non-hydrogen) atoms. The van der Waals surface area contributed by atoms with Crippen LogP contribution in [0.3, 0.4) is 0 Å². The second-order valence-electron chi connectivity index (χ2n) is 5.92. The highest BCUT2D eigenvalue weighted by Crippen LogP contribution is 2.28. The molecule has 1 unspecified atom stereocenters. The van der Waals surface area contributed by atoms with Gasteiger partial charge in [-0.2, -0.15) is 0 Å². The fourth-order valence-corrected chi connectivity index (χ4v) is 2.53. The van der Waals surface area contributed by atoms with Crippen LogP contribution >= 0.6 is 11.6 Å². The highest BCUT2D eigenvalue weighted by molar-refractivity contribution is 6.32. The molecule has 0 bridgehead atoms. The maximum atomic E-state index is 12.5. The molecule has 0 aliphatic carbocycles. The Morgan fingerprint density at radius 3 is 2.64 bits per heavy atom. The molecule has 150 valence electrons. The molecule has 0 aliphatic heterocycles. The molecule has 1 aromatic heterocycles. The lowest BCUT2D eigenvalue weighted by atomic mass is 10.1. The molecule has 0 saturated heterocycles.